The molecule has 0 amide bonds. The summed E-state index contributed by atoms with van der Waals surface area (Å²) < 4.78 is 0. The van der Waals surface area contributed by atoms with Gasteiger partial charge in [0, 0.05) is 0 Å². The van der Waals surface area contributed by atoms with Gasteiger partial charge in [0.2, 0.25) is 0 Å². The van der Waals surface area contributed by atoms with E-state index in [-0.39, 0.29) is 0 Å². The molecule has 0 aliphatic heterocycles. The molecule has 0 unspecified atom stereocenters. The van der Waals surface area contributed by atoms with Gasteiger partial charge in [-0.2, -0.15) is 0 Å². The third-order valence-electron chi connectivity index (χ3n) is 14.9. The Labute approximate surface area is 389 Å². The highest BCUT2D eigenvalue weighted by Gasteiger charge is 2.49. The van der Waals surface area contributed by atoms with Crippen molar-refractivity contribution in [2.24, 2.45) is 0 Å². The third-order valence-corrected chi connectivity index (χ3v) is 14.9. The molecule has 0 radical (unpaired) electrons. The van der Waals surface area contributed by atoms with Crippen molar-refractivity contribution in [1.82, 2.24) is 0 Å². The van der Waals surface area contributed by atoms with Crippen molar-refractivity contribution in [2.75, 3.05) is 0 Å². The normalized spacial score (nSPS) is 12.9. The van der Waals surface area contributed by atoms with E-state index in [9.17, 15) is 0 Å². The number of hydrogen-bond acceptors (Lipinski definition) is 0. The number of rotatable bonds is 5. The second-order valence-corrected chi connectivity index (χ2v) is 18.2. The van der Waals surface area contributed by atoms with Gasteiger partial charge in [0.05, 0.1) is 5.41 Å². The van der Waals surface area contributed by atoms with Gasteiger partial charge in [0.25, 0.3) is 0 Å². The molecule has 0 bridgehead atoms. The molecule has 67 heavy (non-hydrogen) atoms. The summed E-state index contributed by atoms with van der Waals surface area (Å²) >= 11 is 0. The highest BCUT2D eigenvalue weighted by atomic mass is 14.5. The van der Waals surface area contributed by atoms with Gasteiger partial charge in [-0.3, -0.25) is 0 Å². The molecule has 0 saturated carbocycles. The molecule has 1 aliphatic carbocycles. The molecule has 1 aliphatic rings. The highest BCUT2D eigenvalue weighted by Crippen LogP contribution is 2.62. The van der Waals surface area contributed by atoms with Crippen LogP contribution in [0, 0.1) is 0 Å². The lowest BCUT2D eigenvalue weighted by Crippen LogP contribution is -2.29. The summed E-state index contributed by atoms with van der Waals surface area (Å²) in [6.07, 6.45) is 0. The van der Waals surface area contributed by atoms with Crippen LogP contribution in [-0.4, -0.2) is 0 Å². The molecular formula is C67H42. The summed E-state index contributed by atoms with van der Waals surface area (Å²) in [5.41, 5.74) is 14.8. The lowest BCUT2D eigenvalue weighted by atomic mass is 9.65. The van der Waals surface area contributed by atoms with E-state index < -0.39 is 5.41 Å². The molecule has 0 saturated heterocycles. The van der Waals surface area contributed by atoms with Gasteiger partial charge < -0.3 is 0 Å². The SMILES string of the molecule is c1ccc(-c2ccc(-c3c4ccccc4c(-c4ccc5c6c(ccc5c4)-c4c(c5ccccc5c5ccccc45)C6(c4ccccc4)c4ccccc4)c4ccccc34)c3ccccc23)cc1. The molecule has 0 fully saturated rings. The average Bonchev–Trinajstić information content (AvgIpc) is 3.73. The van der Waals surface area contributed by atoms with Gasteiger partial charge in [-0.15, -0.1) is 0 Å². The van der Waals surface area contributed by atoms with Crippen LogP contribution in [0.25, 0.3) is 109 Å². The van der Waals surface area contributed by atoms with E-state index in [4.69, 9.17) is 0 Å². The lowest BCUT2D eigenvalue weighted by molar-refractivity contribution is 0.783. The van der Waals surface area contributed by atoms with Crippen LogP contribution in [-0.2, 0) is 5.41 Å². The molecule has 310 valence electrons. The van der Waals surface area contributed by atoms with Gasteiger partial charge in [0.15, 0.2) is 0 Å². The molecule has 0 heteroatoms. The van der Waals surface area contributed by atoms with Gasteiger partial charge in [-0.25, -0.2) is 0 Å². The Morgan fingerprint density at radius 2 is 0.627 bits per heavy atom. The van der Waals surface area contributed by atoms with Gasteiger partial charge in [-0.1, -0.05) is 249 Å². The van der Waals surface area contributed by atoms with Crippen molar-refractivity contribution in [1.29, 1.82) is 0 Å². The zero-order valence-corrected chi connectivity index (χ0v) is 36.7. The monoisotopic (exact) mass is 846 g/mol. The Kier molecular flexibility index (Phi) is 8.30. The minimum absolute atomic E-state index is 0.586. The number of hydrogen-bond donors (Lipinski definition) is 0. The van der Waals surface area contributed by atoms with Gasteiger partial charge in [0.1, 0.15) is 0 Å². The van der Waals surface area contributed by atoms with Crippen LogP contribution in [0.2, 0.25) is 0 Å². The maximum Gasteiger partial charge on any atom is 0.0725 e. The Balaban J connectivity index is 1.06. The van der Waals surface area contributed by atoms with Crippen LogP contribution >= 0.6 is 0 Å². The first kappa shape index (κ1) is 37.8. The molecule has 0 heterocycles. The summed E-state index contributed by atoms with van der Waals surface area (Å²) in [7, 11) is 0. The van der Waals surface area contributed by atoms with Crippen molar-refractivity contribution in [3.8, 4) is 44.5 Å². The van der Waals surface area contributed by atoms with E-state index in [1.54, 1.807) is 0 Å². The first-order valence-corrected chi connectivity index (χ1v) is 23.4. The maximum absolute atomic E-state index is 2.47. The molecule has 0 nitrogen and oxygen atoms in total. The fourth-order valence-electron chi connectivity index (χ4n) is 12.3. The largest absolute Gasteiger partial charge is 0.0725 e. The predicted molar refractivity (Wildman–Crippen MR) is 285 cm³/mol. The van der Waals surface area contributed by atoms with Crippen molar-refractivity contribution in [2.45, 2.75) is 5.41 Å². The Morgan fingerprint density at radius 1 is 0.209 bits per heavy atom. The average molecular weight is 847 g/mol. The quantitative estimate of drug-likeness (QED) is 0.120. The lowest BCUT2D eigenvalue weighted by Gasteiger charge is -2.35. The van der Waals surface area contributed by atoms with E-state index in [0.717, 1.165) is 0 Å². The zero-order chi connectivity index (χ0) is 44.1. The molecule has 13 aromatic carbocycles. The van der Waals surface area contributed by atoms with Crippen LogP contribution < -0.4 is 0 Å². The summed E-state index contributed by atoms with van der Waals surface area (Å²) in [6.45, 7) is 0. The van der Waals surface area contributed by atoms with Crippen LogP contribution in [0.3, 0.4) is 0 Å². The van der Waals surface area contributed by atoms with Crippen molar-refractivity contribution < 1.29 is 0 Å². The topological polar surface area (TPSA) is 0 Å². The van der Waals surface area contributed by atoms with E-state index in [1.807, 2.05) is 0 Å². The van der Waals surface area contributed by atoms with Crippen molar-refractivity contribution >= 4 is 64.6 Å². The number of fused-ring (bicyclic) bond motifs is 13. The third kappa shape index (κ3) is 5.36. The van der Waals surface area contributed by atoms with Crippen LogP contribution in [0.15, 0.2) is 255 Å². The second-order valence-electron chi connectivity index (χ2n) is 18.2. The summed E-state index contributed by atoms with van der Waals surface area (Å²) in [6, 6.07) is 95.3. The Hall–Kier alpha value is -8.58. The zero-order valence-electron chi connectivity index (χ0n) is 36.7. The fraction of sp³-hybridized carbons (Fsp3) is 0.0149. The summed E-state index contributed by atoms with van der Waals surface area (Å²) in [4.78, 5) is 0. The van der Waals surface area contributed by atoms with E-state index in [2.05, 4.69) is 255 Å². The minimum Gasteiger partial charge on any atom is -0.0622 e. The standard InChI is InChI=1S/C67H42/c1-4-20-43(21-5-1)48-40-41-59(51-27-11-10-26-50(48)51)63-57-33-17-15-31-55(57)62(56-32-16-18-34-58(56)63)45-37-38-49-44(42-45)36-39-61-64-54-30-14-12-28-52(54)53-29-13-19-35-60(53)66(64)67(65(49)61,46-22-6-2-7-23-46)47-24-8-3-9-25-47/h1-42H. The van der Waals surface area contributed by atoms with E-state index in [1.165, 1.54) is 131 Å². The smallest absolute Gasteiger partial charge is 0.0622 e. The molecule has 0 aromatic heterocycles. The first-order valence-electron chi connectivity index (χ1n) is 23.4. The van der Waals surface area contributed by atoms with Crippen molar-refractivity contribution in [3.05, 3.63) is 277 Å². The van der Waals surface area contributed by atoms with E-state index >= 15 is 0 Å². The first-order chi connectivity index (χ1) is 33.3. The Bertz CT molecular complexity index is 4030. The number of benzene rings is 13. The highest BCUT2D eigenvalue weighted by molar-refractivity contribution is 6.25. The molecular weight excluding hydrogens is 805 g/mol. The van der Waals surface area contributed by atoms with Crippen LogP contribution in [0.4, 0.5) is 0 Å². The molecule has 0 atom stereocenters. The molecule has 0 N–H and O–H groups in total. The molecule has 14 rings (SSSR count). The minimum atomic E-state index is -0.586. The second kappa shape index (κ2) is 14.7. The molecule has 13 aromatic rings. The van der Waals surface area contributed by atoms with Crippen LogP contribution in [0.5, 0.6) is 0 Å². The van der Waals surface area contributed by atoms with Gasteiger partial charge in [-0.05, 0) is 137 Å². The van der Waals surface area contributed by atoms with Crippen molar-refractivity contribution in [3.63, 3.8) is 0 Å². The summed E-state index contributed by atoms with van der Waals surface area (Å²) in [5, 5.41) is 15.2. The van der Waals surface area contributed by atoms with E-state index in [0.29, 0.717) is 0 Å². The molecule has 0 spiro atoms. The predicted octanol–water partition coefficient (Wildman–Crippen LogP) is 18.0. The summed E-state index contributed by atoms with van der Waals surface area (Å²) in [5.74, 6) is 0. The van der Waals surface area contributed by atoms with Gasteiger partial charge >= 0.3 is 0 Å². The Morgan fingerprint density at radius 3 is 1.21 bits per heavy atom. The maximum atomic E-state index is 2.47. The van der Waals surface area contributed by atoms with Crippen LogP contribution in [0.1, 0.15) is 22.3 Å². The fourth-order valence-corrected chi connectivity index (χ4v) is 12.3.